The number of halogens is 1. The molecule has 0 bridgehead atoms. The normalized spacial score (nSPS) is 10.1. The molecule has 2 rings (SSSR count). The fourth-order valence-electron chi connectivity index (χ4n) is 1.89. The van der Waals surface area contributed by atoms with Gasteiger partial charge in [-0.2, -0.15) is 0 Å². The number of nitrogens with one attached hydrogen (secondary N) is 2. The largest absolute Gasteiger partial charge is 0.484 e. The van der Waals surface area contributed by atoms with Crippen molar-refractivity contribution in [1.29, 1.82) is 0 Å². The molecule has 0 saturated carbocycles. The molecule has 2 amide bonds. The van der Waals surface area contributed by atoms with Crippen molar-refractivity contribution < 1.29 is 14.3 Å². The van der Waals surface area contributed by atoms with Crippen molar-refractivity contribution in [1.82, 2.24) is 10.9 Å². The molecule has 0 aliphatic carbocycles. The Hall–Kier alpha value is -2.18. The van der Waals surface area contributed by atoms with Crippen molar-refractivity contribution >= 4 is 35.2 Å². The maximum absolute atomic E-state index is 12.1. The Morgan fingerprint density at radius 1 is 1.17 bits per heavy atom. The first-order valence-electron chi connectivity index (χ1n) is 7.12. The van der Waals surface area contributed by atoms with Gasteiger partial charge in [-0.15, -0.1) is 11.8 Å². The van der Waals surface area contributed by atoms with Crippen LogP contribution in [0.15, 0.2) is 47.4 Å². The molecule has 5 nitrogen and oxygen atoms in total. The Bertz CT molecular complexity index is 752. The number of hydrazine groups is 1. The molecule has 0 aliphatic rings. The highest BCUT2D eigenvalue weighted by Crippen LogP contribution is 2.22. The van der Waals surface area contributed by atoms with Gasteiger partial charge in [-0.3, -0.25) is 20.4 Å². The molecular weight excluding hydrogens is 348 g/mol. The zero-order valence-electron chi connectivity index (χ0n) is 13.3. The molecule has 0 heterocycles. The van der Waals surface area contributed by atoms with Crippen LogP contribution in [0, 0.1) is 6.92 Å². The summed E-state index contributed by atoms with van der Waals surface area (Å²) < 4.78 is 5.35. The van der Waals surface area contributed by atoms with E-state index in [1.165, 1.54) is 11.8 Å². The summed E-state index contributed by atoms with van der Waals surface area (Å²) in [7, 11) is 0. The highest BCUT2D eigenvalue weighted by Gasteiger charge is 2.12. The average Bonchev–Trinajstić information content (AvgIpc) is 2.58. The summed E-state index contributed by atoms with van der Waals surface area (Å²) >= 11 is 7.51. The van der Waals surface area contributed by atoms with Crippen LogP contribution >= 0.6 is 23.4 Å². The molecule has 0 aliphatic heterocycles. The van der Waals surface area contributed by atoms with Crippen molar-refractivity contribution in [3.63, 3.8) is 0 Å². The molecule has 0 unspecified atom stereocenters. The molecule has 2 aromatic rings. The van der Waals surface area contributed by atoms with Crippen molar-refractivity contribution in [2.24, 2.45) is 0 Å². The molecular formula is C17H17ClN2O3S. The lowest BCUT2D eigenvalue weighted by atomic mass is 10.2. The second-order valence-electron chi connectivity index (χ2n) is 4.95. The standard InChI is InChI=1S/C17H17ClN2O3S/c1-11-4-3-5-12(8-11)23-10-16(21)19-20-17(22)14-9-13(24-2)6-7-15(14)18/h3-9H,10H2,1-2H3,(H,19,21)(H,20,22). The van der Waals surface area contributed by atoms with Crippen molar-refractivity contribution in [2.45, 2.75) is 11.8 Å². The summed E-state index contributed by atoms with van der Waals surface area (Å²) in [6.45, 7) is 1.72. The van der Waals surface area contributed by atoms with E-state index >= 15 is 0 Å². The third-order valence-corrected chi connectivity index (χ3v) is 4.15. The summed E-state index contributed by atoms with van der Waals surface area (Å²) in [5, 5.41) is 0.315. The third kappa shape index (κ3) is 5.18. The predicted molar refractivity (Wildman–Crippen MR) is 95.5 cm³/mol. The lowest BCUT2D eigenvalue weighted by molar-refractivity contribution is -0.123. The molecule has 0 aromatic heterocycles. The van der Waals surface area contributed by atoms with Crippen LogP contribution in [-0.4, -0.2) is 24.7 Å². The summed E-state index contributed by atoms with van der Waals surface area (Å²) in [6, 6.07) is 12.5. The number of amides is 2. The van der Waals surface area contributed by atoms with Crippen LogP contribution in [0.1, 0.15) is 15.9 Å². The van der Waals surface area contributed by atoms with E-state index in [1.54, 1.807) is 18.2 Å². The zero-order chi connectivity index (χ0) is 17.5. The summed E-state index contributed by atoms with van der Waals surface area (Å²) in [6.07, 6.45) is 1.90. The Morgan fingerprint density at radius 2 is 1.96 bits per heavy atom. The lowest BCUT2D eigenvalue weighted by Gasteiger charge is -2.10. The van der Waals surface area contributed by atoms with E-state index in [4.69, 9.17) is 16.3 Å². The molecule has 0 radical (unpaired) electrons. The Kier molecular flexibility index (Phi) is 6.52. The molecule has 24 heavy (non-hydrogen) atoms. The first-order chi connectivity index (χ1) is 11.5. The van der Waals surface area contributed by atoms with Gasteiger partial charge in [0.25, 0.3) is 11.8 Å². The van der Waals surface area contributed by atoms with Gasteiger partial charge in [-0.1, -0.05) is 23.7 Å². The summed E-state index contributed by atoms with van der Waals surface area (Å²) in [5.41, 5.74) is 5.95. The molecule has 0 spiro atoms. The minimum Gasteiger partial charge on any atom is -0.484 e. The van der Waals surface area contributed by atoms with Gasteiger partial charge in [0, 0.05) is 4.90 Å². The monoisotopic (exact) mass is 364 g/mol. The van der Waals surface area contributed by atoms with Gasteiger partial charge in [0.1, 0.15) is 5.75 Å². The van der Waals surface area contributed by atoms with E-state index in [2.05, 4.69) is 10.9 Å². The number of carbonyl (C=O) groups excluding carboxylic acids is 2. The van der Waals surface area contributed by atoms with E-state index in [0.29, 0.717) is 16.3 Å². The molecule has 0 fully saturated rings. The van der Waals surface area contributed by atoms with E-state index in [9.17, 15) is 9.59 Å². The van der Waals surface area contributed by atoms with Crippen LogP contribution in [-0.2, 0) is 4.79 Å². The van der Waals surface area contributed by atoms with Crippen molar-refractivity contribution in [3.05, 3.63) is 58.6 Å². The number of aryl methyl sites for hydroxylation is 1. The molecule has 2 aromatic carbocycles. The minimum absolute atomic E-state index is 0.206. The Morgan fingerprint density at radius 3 is 2.67 bits per heavy atom. The van der Waals surface area contributed by atoms with Crippen LogP contribution in [0.2, 0.25) is 5.02 Å². The Balaban J connectivity index is 1.86. The number of thioether (sulfide) groups is 1. The van der Waals surface area contributed by atoms with Crippen LogP contribution in [0.4, 0.5) is 0 Å². The fourth-order valence-corrected chi connectivity index (χ4v) is 2.53. The van der Waals surface area contributed by atoms with Gasteiger partial charge in [0.2, 0.25) is 0 Å². The van der Waals surface area contributed by atoms with Crippen LogP contribution in [0.5, 0.6) is 5.75 Å². The van der Waals surface area contributed by atoms with Crippen LogP contribution in [0.3, 0.4) is 0 Å². The quantitative estimate of drug-likeness (QED) is 0.631. The smallest absolute Gasteiger partial charge is 0.276 e. The van der Waals surface area contributed by atoms with Gasteiger partial charge in [-0.25, -0.2) is 0 Å². The number of ether oxygens (including phenoxy) is 1. The highest BCUT2D eigenvalue weighted by atomic mass is 35.5. The number of carbonyl (C=O) groups is 2. The van der Waals surface area contributed by atoms with Gasteiger partial charge < -0.3 is 4.74 Å². The van der Waals surface area contributed by atoms with Gasteiger partial charge >= 0.3 is 0 Å². The van der Waals surface area contributed by atoms with Gasteiger partial charge in [0.05, 0.1) is 10.6 Å². The maximum Gasteiger partial charge on any atom is 0.276 e. The first-order valence-corrected chi connectivity index (χ1v) is 8.72. The summed E-state index contributed by atoms with van der Waals surface area (Å²) in [5.74, 6) is -0.367. The number of hydrogen-bond acceptors (Lipinski definition) is 4. The second kappa shape index (κ2) is 8.61. The fraction of sp³-hybridized carbons (Fsp3) is 0.176. The van der Waals surface area contributed by atoms with Crippen molar-refractivity contribution in [3.8, 4) is 5.75 Å². The molecule has 0 atom stereocenters. The number of benzene rings is 2. The third-order valence-electron chi connectivity index (χ3n) is 3.09. The molecule has 0 saturated heterocycles. The lowest BCUT2D eigenvalue weighted by Crippen LogP contribution is -2.43. The van der Waals surface area contributed by atoms with Crippen molar-refractivity contribution in [2.75, 3.05) is 12.9 Å². The van der Waals surface area contributed by atoms with E-state index in [1.807, 2.05) is 37.4 Å². The van der Waals surface area contributed by atoms with E-state index in [0.717, 1.165) is 10.5 Å². The highest BCUT2D eigenvalue weighted by molar-refractivity contribution is 7.98. The van der Waals surface area contributed by atoms with E-state index < -0.39 is 11.8 Å². The average molecular weight is 365 g/mol. The first kappa shape index (κ1) is 18.2. The number of hydrogen-bond donors (Lipinski definition) is 2. The Labute approximate surface area is 149 Å². The van der Waals surface area contributed by atoms with E-state index in [-0.39, 0.29) is 6.61 Å². The van der Waals surface area contributed by atoms with Gasteiger partial charge in [-0.05, 0) is 49.1 Å². The summed E-state index contributed by atoms with van der Waals surface area (Å²) in [4.78, 5) is 24.8. The van der Waals surface area contributed by atoms with Gasteiger partial charge in [0.15, 0.2) is 6.61 Å². The number of rotatable bonds is 5. The van der Waals surface area contributed by atoms with Crippen LogP contribution in [0.25, 0.3) is 0 Å². The minimum atomic E-state index is -0.486. The van der Waals surface area contributed by atoms with Crippen LogP contribution < -0.4 is 15.6 Å². The second-order valence-corrected chi connectivity index (χ2v) is 6.24. The SMILES string of the molecule is CSc1ccc(Cl)c(C(=O)NNC(=O)COc2cccc(C)c2)c1. The topological polar surface area (TPSA) is 67.4 Å². The zero-order valence-corrected chi connectivity index (χ0v) is 14.8. The molecule has 2 N–H and O–H groups in total. The molecule has 126 valence electrons. The molecule has 7 heteroatoms. The maximum atomic E-state index is 12.1. The predicted octanol–water partition coefficient (Wildman–Crippen LogP) is 3.21.